The van der Waals surface area contributed by atoms with E-state index in [1.54, 1.807) is 6.08 Å². The Morgan fingerprint density at radius 1 is 0.443 bits per heavy atom. The molecule has 0 rings (SSSR count). The van der Waals surface area contributed by atoms with Crippen LogP contribution in [0.2, 0.25) is 0 Å². The van der Waals surface area contributed by atoms with E-state index in [-0.39, 0.29) is 19.1 Å². The van der Waals surface area contributed by atoms with Gasteiger partial charge in [0.2, 0.25) is 5.91 Å². The Morgan fingerprint density at radius 2 is 0.734 bits per heavy atom. The highest BCUT2D eigenvalue weighted by atomic mass is 31.2. The van der Waals surface area contributed by atoms with Gasteiger partial charge in [-0.05, 0) is 51.4 Å². The molecule has 0 aromatic carbocycles. The maximum absolute atomic E-state index is 13.0. The number of phosphoric ester groups is 1. The van der Waals surface area contributed by atoms with Crippen LogP contribution in [0.15, 0.2) is 36.5 Å². The third-order valence-corrected chi connectivity index (χ3v) is 17.1. The smallest absolute Gasteiger partial charge is 0.268 e. The van der Waals surface area contributed by atoms with Crippen molar-refractivity contribution in [2.45, 2.75) is 366 Å². The number of unbranched alkanes of at least 4 members (excludes halogenated alkanes) is 48. The summed E-state index contributed by atoms with van der Waals surface area (Å²) in [6.07, 6.45) is 81.2. The quantitative estimate of drug-likeness (QED) is 0.0272. The van der Waals surface area contributed by atoms with Crippen LogP contribution < -0.4 is 10.2 Å². The van der Waals surface area contributed by atoms with E-state index in [1.165, 1.54) is 289 Å². The second-order valence-electron chi connectivity index (χ2n) is 25.2. The molecule has 3 unspecified atom stereocenters. The van der Waals surface area contributed by atoms with Crippen LogP contribution in [0.5, 0.6) is 0 Å². The highest BCUT2D eigenvalue weighted by molar-refractivity contribution is 7.45. The summed E-state index contributed by atoms with van der Waals surface area (Å²) >= 11 is 0. The zero-order valence-corrected chi connectivity index (χ0v) is 54.5. The van der Waals surface area contributed by atoms with E-state index in [0.717, 1.165) is 44.9 Å². The molecule has 0 aromatic heterocycles. The second-order valence-corrected chi connectivity index (χ2v) is 26.7. The maximum atomic E-state index is 13.0. The van der Waals surface area contributed by atoms with E-state index >= 15 is 0 Å². The van der Waals surface area contributed by atoms with Crippen LogP contribution in [0.4, 0.5) is 0 Å². The number of quaternary nitrogens is 1. The largest absolute Gasteiger partial charge is 0.756 e. The molecule has 0 aliphatic heterocycles. The number of allylic oxidation sites excluding steroid dienone is 5. The molecule has 0 aromatic rings. The minimum Gasteiger partial charge on any atom is -0.756 e. The number of aliphatic hydroxyl groups is 1. The van der Waals surface area contributed by atoms with Crippen LogP contribution in [0.3, 0.4) is 0 Å². The van der Waals surface area contributed by atoms with E-state index < -0.39 is 20.0 Å². The molecular formula is C70H137N2O6P. The number of carbonyl (C=O) groups excluding carboxylic acids is 1. The summed E-state index contributed by atoms with van der Waals surface area (Å²) in [6, 6.07) is -0.886. The number of rotatable bonds is 65. The summed E-state index contributed by atoms with van der Waals surface area (Å²) in [7, 11) is 1.28. The van der Waals surface area contributed by atoms with Crippen molar-refractivity contribution in [3.8, 4) is 0 Å². The first-order chi connectivity index (χ1) is 38.5. The monoisotopic (exact) mass is 1130 g/mol. The highest BCUT2D eigenvalue weighted by Gasteiger charge is 2.23. The van der Waals surface area contributed by atoms with E-state index in [0.29, 0.717) is 17.4 Å². The predicted molar refractivity (Wildman–Crippen MR) is 344 cm³/mol. The summed E-state index contributed by atoms with van der Waals surface area (Å²) in [5.74, 6) is -0.190. The molecule has 8 nitrogen and oxygen atoms in total. The van der Waals surface area contributed by atoms with Crippen molar-refractivity contribution in [1.82, 2.24) is 5.32 Å². The van der Waals surface area contributed by atoms with Crippen LogP contribution in [-0.2, 0) is 18.4 Å². The molecule has 0 bridgehead atoms. The minimum atomic E-state index is -4.60. The van der Waals surface area contributed by atoms with Gasteiger partial charge in [0, 0.05) is 6.42 Å². The van der Waals surface area contributed by atoms with Gasteiger partial charge in [-0.15, -0.1) is 0 Å². The molecule has 0 fully saturated rings. The third kappa shape index (κ3) is 64.1. The fraction of sp³-hybridized carbons (Fsp3) is 0.900. The average molecular weight is 1130 g/mol. The van der Waals surface area contributed by atoms with Crippen molar-refractivity contribution in [1.29, 1.82) is 0 Å². The van der Waals surface area contributed by atoms with Crippen LogP contribution in [-0.4, -0.2) is 68.5 Å². The summed E-state index contributed by atoms with van der Waals surface area (Å²) in [5.41, 5.74) is 0. The number of hydrogen-bond acceptors (Lipinski definition) is 6. The van der Waals surface area contributed by atoms with Gasteiger partial charge in [0.15, 0.2) is 0 Å². The third-order valence-electron chi connectivity index (χ3n) is 16.1. The second kappa shape index (κ2) is 61.3. The first-order valence-corrected chi connectivity index (χ1v) is 36.3. The highest BCUT2D eigenvalue weighted by Crippen LogP contribution is 2.38. The molecule has 0 aliphatic rings. The summed E-state index contributed by atoms with van der Waals surface area (Å²) in [5, 5.41) is 14.0. The number of amides is 1. The number of phosphoric acid groups is 1. The number of nitrogens with one attached hydrogen (secondary N) is 1. The van der Waals surface area contributed by atoms with Crippen molar-refractivity contribution in [2.75, 3.05) is 40.9 Å². The number of aliphatic hydroxyl groups excluding tert-OH is 1. The van der Waals surface area contributed by atoms with Crippen molar-refractivity contribution in [2.24, 2.45) is 0 Å². The average Bonchev–Trinajstić information content (AvgIpc) is 3.42. The molecular weight excluding hydrogens is 996 g/mol. The number of carbonyl (C=O) groups is 1. The normalized spacial score (nSPS) is 13.9. The standard InChI is InChI=1S/C70H137N2O6P/c1-6-8-10-12-14-16-18-20-22-24-26-28-30-32-34-35-36-37-38-40-42-44-46-48-50-52-54-56-58-60-62-64-70(74)71-68(67-78-79(75,76)77-66-65-72(3,4)5)69(73)63-61-59-57-55-53-51-49-47-45-43-41-39-33-31-29-27-25-23-21-19-17-15-13-11-9-7-2/h18,20,24,26,61,63,68-69,73H,6-17,19,21-23,25,27-60,62,64-67H2,1-5H3,(H-,71,74,75,76)/b20-18-,26-24-,63-61+. The molecule has 0 saturated heterocycles. The first kappa shape index (κ1) is 77.7. The van der Waals surface area contributed by atoms with Gasteiger partial charge < -0.3 is 28.8 Å². The molecule has 0 spiro atoms. The minimum absolute atomic E-state index is 0.00106. The molecule has 79 heavy (non-hydrogen) atoms. The molecule has 0 saturated carbocycles. The molecule has 0 radical (unpaired) electrons. The SMILES string of the molecule is CCCCCCC/C=C\C/C=C\CCCCCCCCCCCCCCCCCCCCCC(=O)NC(COP(=O)([O-])OCC[N+](C)(C)C)C(O)/C=C/CCCCCCCCCCCCCCCCCCCCCCCCCC. The Kier molecular flexibility index (Phi) is 60.3. The van der Waals surface area contributed by atoms with Crippen molar-refractivity contribution in [3.63, 3.8) is 0 Å². The maximum Gasteiger partial charge on any atom is 0.268 e. The van der Waals surface area contributed by atoms with E-state index in [9.17, 15) is 19.4 Å². The molecule has 3 atom stereocenters. The number of hydrogen-bond donors (Lipinski definition) is 2. The number of likely N-dealkylation sites (N-methyl/N-ethyl adjacent to an activating group) is 1. The summed E-state index contributed by atoms with van der Waals surface area (Å²) in [6.45, 7) is 4.70. The Hall–Kier alpha value is -1.28. The summed E-state index contributed by atoms with van der Waals surface area (Å²) in [4.78, 5) is 25.6. The van der Waals surface area contributed by atoms with Crippen molar-refractivity contribution in [3.05, 3.63) is 36.5 Å². The van der Waals surface area contributed by atoms with E-state index in [4.69, 9.17) is 9.05 Å². The Bertz CT molecular complexity index is 1380. The van der Waals surface area contributed by atoms with E-state index in [1.807, 2.05) is 27.2 Å². The molecule has 0 aliphatic carbocycles. The number of nitrogens with zero attached hydrogens (tertiary/aromatic N) is 1. The molecule has 9 heteroatoms. The molecule has 1 amide bonds. The first-order valence-electron chi connectivity index (χ1n) is 34.9. The van der Waals surface area contributed by atoms with Crippen LogP contribution >= 0.6 is 7.82 Å². The lowest BCUT2D eigenvalue weighted by Crippen LogP contribution is -2.45. The van der Waals surface area contributed by atoms with Crippen molar-refractivity contribution < 1.29 is 32.9 Å². The topological polar surface area (TPSA) is 108 Å². The fourth-order valence-corrected chi connectivity index (χ4v) is 11.4. The van der Waals surface area contributed by atoms with E-state index in [2.05, 4.69) is 43.5 Å². The molecule has 0 heterocycles. The van der Waals surface area contributed by atoms with Gasteiger partial charge in [-0.3, -0.25) is 9.36 Å². The van der Waals surface area contributed by atoms with Crippen LogP contribution in [0, 0.1) is 0 Å². The zero-order valence-electron chi connectivity index (χ0n) is 53.6. The van der Waals surface area contributed by atoms with Gasteiger partial charge in [0.05, 0.1) is 39.9 Å². The van der Waals surface area contributed by atoms with Gasteiger partial charge >= 0.3 is 0 Å². The Labute approximate surface area is 493 Å². The molecule has 2 N–H and O–H groups in total. The van der Waals surface area contributed by atoms with Crippen LogP contribution in [0.1, 0.15) is 354 Å². The van der Waals surface area contributed by atoms with Crippen LogP contribution in [0.25, 0.3) is 0 Å². The van der Waals surface area contributed by atoms with Gasteiger partial charge in [0.1, 0.15) is 13.2 Å². The van der Waals surface area contributed by atoms with Gasteiger partial charge in [0.25, 0.3) is 7.82 Å². The lowest BCUT2D eigenvalue weighted by Gasteiger charge is -2.29. The Balaban J connectivity index is 4.05. The summed E-state index contributed by atoms with van der Waals surface area (Å²) < 4.78 is 23.5. The Morgan fingerprint density at radius 3 is 1.05 bits per heavy atom. The predicted octanol–water partition coefficient (Wildman–Crippen LogP) is 21.4. The lowest BCUT2D eigenvalue weighted by atomic mass is 10.0. The zero-order chi connectivity index (χ0) is 57.7. The lowest BCUT2D eigenvalue weighted by molar-refractivity contribution is -0.870. The fourth-order valence-electron chi connectivity index (χ4n) is 10.7. The van der Waals surface area contributed by atoms with Crippen molar-refractivity contribution >= 4 is 13.7 Å². The van der Waals surface area contributed by atoms with Gasteiger partial charge in [-0.25, -0.2) is 0 Å². The van der Waals surface area contributed by atoms with Gasteiger partial charge in [-0.1, -0.05) is 333 Å². The van der Waals surface area contributed by atoms with Gasteiger partial charge in [-0.2, -0.15) is 0 Å². The molecule has 468 valence electrons.